The Morgan fingerprint density at radius 2 is 2.12 bits per heavy atom. The molecule has 0 bridgehead atoms. The van der Waals surface area contributed by atoms with E-state index in [1.807, 2.05) is 6.07 Å². The molecular formula is C18H12ClN5O2. The van der Waals surface area contributed by atoms with E-state index in [1.54, 1.807) is 65.9 Å². The summed E-state index contributed by atoms with van der Waals surface area (Å²) in [5.41, 5.74) is 1.46. The number of carbonyl (C=O) groups is 1. The van der Waals surface area contributed by atoms with Gasteiger partial charge < -0.3 is 9.84 Å². The Labute approximate surface area is 153 Å². The maximum absolute atomic E-state index is 12.3. The maximum Gasteiger partial charge on any atom is 0.277 e. The number of imidazole rings is 1. The van der Waals surface area contributed by atoms with Crippen molar-refractivity contribution in [3.05, 3.63) is 78.1 Å². The van der Waals surface area contributed by atoms with E-state index in [2.05, 4.69) is 20.4 Å². The zero-order valence-corrected chi connectivity index (χ0v) is 14.1. The van der Waals surface area contributed by atoms with Gasteiger partial charge in [-0.25, -0.2) is 9.97 Å². The van der Waals surface area contributed by atoms with Crippen LogP contribution in [0.4, 0.5) is 5.69 Å². The smallest absolute Gasteiger partial charge is 0.277 e. The molecule has 1 aromatic carbocycles. The van der Waals surface area contributed by atoms with Crippen LogP contribution in [0.2, 0.25) is 5.02 Å². The number of amides is 1. The second-order valence-corrected chi connectivity index (χ2v) is 5.85. The highest BCUT2D eigenvalue weighted by Crippen LogP contribution is 2.23. The molecule has 0 unspecified atom stereocenters. The normalized spacial score (nSPS) is 10.7. The van der Waals surface area contributed by atoms with Gasteiger partial charge in [0.2, 0.25) is 0 Å². The number of pyridine rings is 1. The van der Waals surface area contributed by atoms with E-state index >= 15 is 0 Å². The first-order valence-electron chi connectivity index (χ1n) is 7.67. The summed E-state index contributed by atoms with van der Waals surface area (Å²) in [5.74, 6) is 0.774. The zero-order valence-electron chi connectivity index (χ0n) is 13.3. The first-order valence-corrected chi connectivity index (χ1v) is 8.05. The average molecular weight is 366 g/mol. The summed E-state index contributed by atoms with van der Waals surface area (Å²) in [6.07, 6.45) is 6.66. The molecule has 0 spiro atoms. The van der Waals surface area contributed by atoms with E-state index in [1.165, 1.54) is 0 Å². The van der Waals surface area contributed by atoms with Crippen molar-refractivity contribution in [2.24, 2.45) is 0 Å². The Morgan fingerprint density at radius 1 is 1.19 bits per heavy atom. The molecule has 1 amide bonds. The van der Waals surface area contributed by atoms with Gasteiger partial charge in [0.1, 0.15) is 12.1 Å². The van der Waals surface area contributed by atoms with Crippen LogP contribution in [0.25, 0.3) is 17.1 Å². The van der Waals surface area contributed by atoms with E-state index in [0.29, 0.717) is 22.3 Å². The maximum atomic E-state index is 12.3. The van der Waals surface area contributed by atoms with Crippen molar-refractivity contribution in [3.63, 3.8) is 0 Å². The van der Waals surface area contributed by atoms with E-state index in [0.717, 1.165) is 5.56 Å². The van der Waals surface area contributed by atoms with Gasteiger partial charge >= 0.3 is 0 Å². The summed E-state index contributed by atoms with van der Waals surface area (Å²) in [7, 11) is 0. The van der Waals surface area contributed by atoms with E-state index in [-0.39, 0.29) is 11.6 Å². The molecule has 3 heterocycles. The lowest BCUT2D eigenvalue weighted by atomic mass is 10.1. The number of carbonyl (C=O) groups excluding carboxylic acids is 1. The van der Waals surface area contributed by atoms with Crippen molar-refractivity contribution in [2.75, 3.05) is 5.32 Å². The van der Waals surface area contributed by atoms with Crippen LogP contribution in [0.15, 0.2) is 71.9 Å². The van der Waals surface area contributed by atoms with E-state index < -0.39 is 0 Å². The van der Waals surface area contributed by atoms with Crippen LogP contribution >= 0.6 is 11.6 Å². The predicted octanol–water partition coefficient (Wildman–Crippen LogP) is 3.83. The second-order valence-electron chi connectivity index (χ2n) is 5.42. The minimum absolute atomic E-state index is 0.165. The topological polar surface area (TPSA) is 85.8 Å². The molecule has 1 N–H and O–H groups in total. The van der Waals surface area contributed by atoms with Crippen LogP contribution in [0, 0.1) is 0 Å². The van der Waals surface area contributed by atoms with Crippen molar-refractivity contribution < 1.29 is 9.32 Å². The number of anilines is 1. The molecule has 8 heteroatoms. The molecule has 0 radical (unpaired) electrons. The molecule has 7 nitrogen and oxygen atoms in total. The molecule has 26 heavy (non-hydrogen) atoms. The first-order chi connectivity index (χ1) is 12.7. The number of hydrogen-bond acceptors (Lipinski definition) is 5. The quantitative estimate of drug-likeness (QED) is 0.594. The summed E-state index contributed by atoms with van der Waals surface area (Å²) in [6, 6.07) is 12.2. The molecule has 0 aliphatic carbocycles. The predicted molar refractivity (Wildman–Crippen MR) is 96.3 cm³/mol. The van der Waals surface area contributed by atoms with Crippen LogP contribution in [0.5, 0.6) is 0 Å². The number of nitrogens with one attached hydrogen (secondary N) is 1. The first kappa shape index (κ1) is 16.0. The molecule has 0 aliphatic heterocycles. The molecule has 4 rings (SSSR count). The van der Waals surface area contributed by atoms with Gasteiger partial charge in [0.05, 0.1) is 11.9 Å². The molecule has 3 aromatic heterocycles. The monoisotopic (exact) mass is 365 g/mol. The van der Waals surface area contributed by atoms with Gasteiger partial charge in [0, 0.05) is 29.0 Å². The highest BCUT2D eigenvalue weighted by atomic mass is 35.5. The minimum atomic E-state index is -0.390. The third-order valence-electron chi connectivity index (χ3n) is 3.63. The highest BCUT2D eigenvalue weighted by Gasteiger charge is 2.14. The lowest BCUT2D eigenvalue weighted by Crippen LogP contribution is -2.12. The van der Waals surface area contributed by atoms with E-state index in [9.17, 15) is 4.79 Å². The minimum Gasteiger partial charge on any atom is -0.355 e. The highest BCUT2D eigenvalue weighted by molar-refractivity contribution is 6.30. The number of rotatable bonds is 4. The van der Waals surface area contributed by atoms with Gasteiger partial charge in [-0.2, -0.15) is 0 Å². The van der Waals surface area contributed by atoms with Crippen molar-refractivity contribution in [3.8, 4) is 17.1 Å². The van der Waals surface area contributed by atoms with Crippen LogP contribution in [-0.4, -0.2) is 25.6 Å². The SMILES string of the molecule is O=C(Nc1ccc(-n2ccnc2)nc1)c1cc(-c2cccc(Cl)c2)on1. The number of benzene rings is 1. The zero-order chi connectivity index (χ0) is 17.9. The summed E-state index contributed by atoms with van der Waals surface area (Å²) in [6.45, 7) is 0. The Morgan fingerprint density at radius 3 is 2.85 bits per heavy atom. The van der Waals surface area contributed by atoms with Crippen molar-refractivity contribution in [1.82, 2.24) is 19.7 Å². The van der Waals surface area contributed by atoms with Gasteiger partial charge in [-0.05, 0) is 24.3 Å². The number of aromatic nitrogens is 4. The second kappa shape index (κ2) is 6.81. The molecule has 128 valence electrons. The molecule has 0 fully saturated rings. The molecule has 0 aliphatic rings. The van der Waals surface area contributed by atoms with E-state index in [4.69, 9.17) is 16.1 Å². The van der Waals surface area contributed by atoms with Gasteiger partial charge in [-0.1, -0.05) is 28.9 Å². The largest absolute Gasteiger partial charge is 0.355 e. The fraction of sp³-hybridized carbons (Fsp3) is 0. The molecule has 0 saturated heterocycles. The number of nitrogens with zero attached hydrogens (tertiary/aromatic N) is 4. The van der Waals surface area contributed by atoms with Crippen molar-refractivity contribution >= 4 is 23.2 Å². The van der Waals surface area contributed by atoms with Gasteiger partial charge in [0.25, 0.3) is 5.91 Å². The van der Waals surface area contributed by atoms with Gasteiger partial charge in [-0.15, -0.1) is 0 Å². The average Bonchev–Trinajstić information content (AvgIpc) is 3.35. The third kappa shape index (κ3) is 3.33. The fourth-order valence-electron chi connectivity index (χ4n) is 2.36. The number of hydrogen-bond donors (Lipinski definition) is 1. The Kier molecular flexibility index (Phi) is 4.20. The Hall–Kier alpha value is -3.45. The Bertz CT molecular complexity index is 1040. The third-order valence-corrected chi connectivity index (χ3v) is 3.86. The fourth-order valence-corrected chi connectivity index (χ4v) is 2.55. The van der Waals surface area contributed by atoms with Gasteiger partial charge in [0.15, 0.2) is 11.5 Å². The molecular weight excluding hydrogens is 354 g/mol. The lowest BCUT2D eigenvalue weighted by molar-refractivity contribution is 0.101. The molecule has 0 saturated carbocycles. The molecule has 0 atom stereocenters. The summed E-state index contributed by atoms with van der Waals surface area (Å²) >= 11 is 5.97. The molecule has 4 aromatic rings. The lowest BCUT2D eigenvalue weighted by Gasteiger charge is -2.04. The Balaban J connectivity index is 1.48. The standard InChI is InChI=1S/C18H12ClN5O2/c19-13-3-1-2-12(8-13)16-9-15(23-26-16)18(25)22-14-4-5-17(21-10-14)24-7-6-20-11-24/h1-11H,(H,22,25). The van der Waals surface area contributed by atoms with Crippen LogP contribution in [-0.2, 0) is 0 Å². The number of halogens is 1. The van der Waals surface area contributed by atoms with Crippen LogP contribution in [0.3, 0.4) is 0 Å². The van der Waals surface area contributed by atoms with Crippen molar-refractivity contribution in [2.45, 2.75) is 0 Å². The van der Waals surface area contributed by atoms with Crippen LogP contribution in [0.1, 0.15) is 10.5 Å². The van der Waals surface area contributed by atoms with Crippen LogP contribution < -0.4 is 5.32 Å². The summed E-state index contributed by atoms with van der Waals surface area (Å²) in [4.78, 5) is 20.6. The summed E-state index contributed by atoms with van der Waals surface area (Å²) < 4.78 is 7.00. The summed E-state index contributed by atoms with van der Waals surface area (Å²) in [5, 5.41) is 7.12. The van der Waals surface area contributed by atoms with Gasteiger partial charge in [-0.3, -0.25) is 9.36 Å². The van der Waals surface area contributed by atoms with Crippen molar-refractivity contribution in [1.29, 1.82) is 0 Å².